The molecule has 0 spiro atoms. The summed E-state index contributed by atoms with van der Waals surface area (Å²) in [6, 6.07) is 0. The van der Waals surface area contributed by atoms with Gasteiger partial charge in [-0.15, -0.1) is 0 Å². The van der Waals surface area contributed by atoms with E-state index in [0.29, 0.717) is 0 Å². The van der Waals surface area contributed by atoms with Crippen molar-refractivity contribution in [1.29, 1.82) is 0 Å². The van der Waals surface area contributed by atoms with Crippen molar-refractivity contribution < 1.29 is 39.5 Å². The molecule has 0 aromatic rings. The molecule has 8 bridgehead atoms. The van der Waals surface area contributed by atoms with Gasteiger partial charge in [-0.3, -0.25) is 9.59 Å². The second kappa shape index (κ2) is 6.95. The molecule has 0 aromatic carbocycles. The first-order valence-corrected chi connectivity index (χ1v) is 12.1. The third-order valence-electron chi connectivity index (χ3n) is 9.41. The fraction of sp³-hybridized carbons (Fsp3) is 0.500. The summed E-state index contributed by atoms with van der Waals surface area (Å²) in [5.41, 5.74) is -7.52. The highest BCUT2D eigenvalue weighted by molar-refractivity contribution is 6.13. The Kier molecular flexibility index (Phi) is 4.81. The summed E-state index contributed by atoms with van der Waals surface area (Å²) < 4.78 is 12.5. The summed E-state index contributed by atoms with van der Waals surface area (Å²) in [4.78, 5) is 28.7. The Hall–Kier alpha value is -2.78. The minimum absolute atomic E-state index is 0.113. The van der Waals surface area contributed by atoms with Gasteiger partial charge in [-0.05, 0) is 53.7 Å². The summed E-state index contributed by atoms with van der Waals surface area (Å²) in [7, 11) is 0. The fourth-order valence-electron chi connectivity index (χ4n) is 7.94. The molecule has 0 amide bonds. The minimum Gasteiger partial charge on any atom is -0.508 e. The number of aliphatic hydroxyl groups is 4. The van der Waals surface area contributed by atoms with Gasteiger partial charge in [-0.25, -0.2) is 0 Å². The topological polar surface area (TPSA) is 134 Å². The van der Waals surface area contributed by atoms with Crippen molar-refractivity contribution in [2.75, 3.05) is 0 Å². The standard InChI is InChI=1S/C28H32O8/c1-7-9-11-13-15(29)17-19-23(3)22(32)18(16(30)14-12-10-8-2)20-24(4,21(17)31)28(34)25(19,5)35-27(23,33)26(20,6)36-28/h7-14,19-20,29-30,33-34H,1-6H3/b9-7+,10-8+,13-11+,14-12+,17-15?,18-16?/t19-,20+,23+,24-,25-,26-,27+,28+/m0/s1. The van der Waals surface area contributed by atoms with Crippen molar-refractivity contribution in [2.45, 2.75) is 64.3 Å². The van der Waals surface area contributed by atoms with E-state index in [9.17, 15) is 30.0 Å². The van der Waals surface area contributed by atoms with Gasteiger partial charge >= 0.3 is 0 Å². The lowest BCUT2D eigenvalue weighted by molar-refractivity contribution is -0.450. The van der Waals surface area contributed by atoms with Crippen LogP contribution in [-0.4, -0.2) is 54.8 Å². The second-order valence-electron chi connectivity index (χ2n) is 11.0. The van der Waals surface area contributed by atoms with Crippen LogP contribution in [0.5, 0.6) is 0 Å². The summed E-state index contributed by atoms with van der Waals surface area (Å²) in [5.74, 6) is -9.12. The van der Waals surface area contributed by atoms with Crippen LogP contribution in [0.1, 0.15) is 41.5 Å². The molecule has 192 valence electrons. The number of carbonyl (C=O) groups excluding carboxylic acids is 2. The number of allylic oxidation sites excluding steroid dienone is 8. The highest BCUT2D eigenvalue weighted by atomic mass is 16.8. The molecule has 0 aromatic heterocycles. The molecule has 5 aliphatic rings. The van der Waals surface area contributed by atoms with Crippen LogP contribution in [0.3, 0.4) is 0 Å². The van der Waals surface area contributed by atoms with Crippen LogP contribution in [0.2, 0.25) is 0 Å². The molecule has 2 saturated heterocycles. The Morgan fingerprint density at radius 2 is 1.03 bits per heavy atom. The van der Waals surface area contributed by atoms with E-state index in [-0.39, 0.29) is 22.7 Å². The summed E-state index contributed by atoms with van der Waals surface area (Å²) >= 11 is 0. The molecule has 8 nitrogen and oxygen atoms in total. The number of rotatable bonds is 4. The van der Waals surface area contributed by atoms with Crippen LogP contribution in [0.25, 0.3) is 0 Å². The summed E-state index contributed by atoms with van der Waals surface area (Å²) in [6.45, 7) is 9.48. The molecular weight excluding hydrogens is 464 g/mol. The molecule has 0 radical (unpaired) electrons. The van der Waals surface area contributed by atoms with Gasteiger partial charge in [-0.2, -0.15) is 0 Å². The smallest absolute Gasteiger partial charge is 0.210 e. The fourth-order valence-corrected chi connectivity index (χ4v) is 7.94. The lowest BCUT2D eigenvalue weighted by atomic mass is 9.39. The van der Waals surface area contributed by atoms with Crippen LogP contribution in [0, 0.1) is 22.7 Å². The average Bonchev–Trinajstić information content (AvgIpc) is 3.12. The second-order valence-corrected chi connectivity index (χ2v) is 11.0. The van der Waals surface area contributed by atoms with Gasteiger partial charge in [-0.1, -0.05) is 36.5 Å². The number of Topliss-reactive ketones (excluding diaryl/α,β-unsaturated/α-hetero) is 2. The largest absolute Gasteiger partial charge is 0.508 e. The maximum Gasteiger partial charge on any atom is 0.210 e. The van der Waals surface area contributed by atoms with Crippen LogP contribution >= 0.6 is 0 Å². The molecule has 36 heavy (non-hydrogen) atoms. The lowest BCUT2D eigenvalue weighted by Gasteiger charge is -2.58. The predicted octanol–water partition coefficient (Wildman–Crippen LogP) is 3.25. The molecule has 8 heteroatoms. The molecule has 4 N–H and O–H groups in total. The van der Waals surface area contributed by atoms with Crippen molar-refractivity contribution in [2.24, 2.45) is 22.7 Å². The molecular formula is C28H32O8. The quantitative estimate of drug-likeness (QED) is 0.265. The van der Waals surface area contributed by atoms with E-state index >= 15 is 0 Å². The predicted molar refractivity (Wildman–Crippen MR) is 129 cm³/mol. The number of carbonyl (C=O) groups is 2. The van der Waals surface area contributed by atoms with E-state index in [4.69, 9.17) is 9.47 Å². The van der Waals surface area contributed by atoms with Crippen molar-refractivity contribution in [3.05, 3.63) is 71.3 Å². The minimum atomic E-state index is -2.26. The Bertz CT molecular complexity index is 1190. The van der Waals surface area contributed by atoms with E-state index in [1.807, 2.05) is 0 Å². The van der Waals surface area contributed by atoms with Crippen LogP contribution in [-0.2, 0) is 19.1 Å². The molecule has 2 aliphatic heterocycles. The first-order chi connectivity index (χ1) is 16.7. The van der Waals surface area contributed by atoms with Gasteiger partial charge in [0, 0.05) is 23.0 Å². The van der Waals surface area contributed by atoms with Crippen molar-refractivity contribution >= 4 is 11.6 Å². The van der Waals surface area contributed by atoms with Crippen molar-refractivity contribution in [1.82, 2.24) is 0 Å². The summed E-state index contributed by atoms with van der Waals surface area (Å²) in [5, 5.41) is 46.6. The zero-order valence-electron chi connectivity index (χ0n) is 21.2. The summed E-state index contributed by atoms with van der Waals surface area (Å²) in [6.07, 6.45) is 12.6. The zero-order valence-corrected chi connectivity index (χ0v) is 21.2. The lowest BCUT2D eigenvalue weighted by Crippen LogP contribution is -2.74. The van der Waals surface area contributed by atoms with E-state index in [1.54, 1.807) is 50.3 Å². The SMILES string of the molecule is C/C=C/C=C/C(O)=C1C(=O)[C@]2(C)[C@H]3C(=C(O)/C=C/C=C/C)C(=O)[C@@]4(C)[C@H]1[C@]1(C)O[C@@]4(O)[C@@]3(C)O[C@@]12O. The first kappa shape index (κ1) is 24.9. The van der Waals surface area contributed by atoms with Crippen LogP contribution in [0.4, 0.5) is 0 Å². The maximum absolute atomic E-state index is 14.3. The Morgan fingerprint density at radius 3 is 1.33 bits per heavy atom. The molecule has 0 unspecified atom stereocenters. The van der Waals surface area contributed by atoms with E-state index in [2.05, 4.69) is 0 Å². The number of ketones is 2. The Balaban J connectivity index is 1.93. The molecule has 3 aliphatic carbocycles. The highest BCUT2D eigenvalue weighted by Gasteiger charge is 2.99. The number of aliphatic hydroxyl groups excluding tert-OH is 2. The van der Waals surface area contributed by atoms with Gasteiger partial charge in [0.2, 0.25) is 11.6 Å². The van der Waals surface area contributed by atoms with Crippen molar-refractivity contribution in [3.8, 4) is 0 Å². The first-order valence-electron chi connectivity index (χ1n) is 12.1. The maximum atomic E-state index is 14.3. The van der Waals surface area contributed by atoms with Gasteiger partial charge in [0.05, 0.1) is 10.8 Å². The van der Waals surface area contributed by atoms with Gasteiger partial charge in [0.15, 0.2) is 11.6 Å². The zero-order chi connectivity index (χ0) is 26.7. The van der Waals surface area contributed by atoms with Crippen LogP contribution in [0.15, 0.2) is 71.3 Å². The van der Waals surface area contributed by atoms with Crippen LogP contribution < -0.4 is 0 Å². The number of ether oxygens (including phenoxy) is 2. The average molecular weight is 497 g/mol. The van der Waals surface area contributed by atoms with Crippen molar-refractivity contribution in [3.63, 3.8) is 0 Å². The third kappa shape index (κ3) is 2.15. The van der Waals surface area contributed by atoms with Gasteiger partial charge < -0.3 is 29.9 Å². The molecule has 5 rings (SSSR count). The van der Waals surface area contributed by atoms with E-state index < -0.39 is 57.0 Å². The molecule has 5 fully saturated rings. The third-order valence-corrected chi connectivity index (χ3v) is 9.41. The van der Waals surface area contributed by atoms with E-state index in [1.165, 1.54) is 39.8 Å². The number of hydrogen-bond donors (Lipinski definition) is 4. The highest BCUT2D eigenvalue weighted by Crippen LogP contribution is 2.83. The Morgan fingerprint density at radius 1 is 0.694 bits per heavy atom. The van der Waals surface area contributed by atoms with Gasteiger partial charge in [0.1, 0.15) is 22.7 Å². The Labute approximate surface area is 209 Å². The molecule has 3 saturated carbocycles. The van der Waals surface area contributed by atoms with Gasteiger partial charge in [0.25, 0.3) is 0 Å². The molecule has 8 atom stereocenters. The normalized spacial score (nSPS) is 51.8. The molecule has 2 heterocycles. The monoisotopic (exact) mass is 496 g/mol. The number of hydrogen-bond acceptors (Lipinski definition) is 8. The van der Waals surface area contributed by atoms with E-state index in [0.717, 1.165) is 0 Å².